The van der Waals surface area contributed by atoms with Crippen molar-refractivity contribution in [3.8, 4) is 5.75 Å². The lowest BCUT2D eigenvalue weighted by molar-refractivity contribution is 0.403. The lowest BCUT2D eigenvalue weighted by Gasteiger charge is -2.15. The Labute approximate surface area is 108 Å². The first kappa shape index (κ1) is 14.4. The zero-order valence-corrected chi connectivity index (χ0v) is 11.8. The number of aryl methyl sites for hydroxylation is 1. The van der Waals surface area contributed by atoms with Crippen LogP contribution in [0.15, 0.2) is 6.20 Å². The van der Waals surface area contributed by atoms with Crippen LogP contribution in [-0.2, 0) is 6.54 Å². The third kappa shape index (κ3) is 3.92. The fraction of sp³-hybridized carbons (Fsp3) is 0.750. The van der Waals surface area contributed by atoms with E-state index in [2.05, 4.69) is 18.9 Å². The molecular weight excluding hydrogens is 234 g/mol. The molecule has 1 aromatic rings. The topological polar surface area (TPSA) is 53.1 Å². The summed E-state index contributed by atoms with van der Waals surface area (Å²) in [4.78, 5) is 0. The summed E-state index contributed by atoms with van der Waals surface area (Å²) in [6, 6.07) is -0.00412. The monoisotopic (exact) mass is 257 g/mol. The van der Waals surface area contributed by atoms with Crippen LogP contribution in [0.1, 0.15) is 38.4 Å². The highest BCUT2D eigenvalue weighted by molar-refractivity contribution is 7.99. The van der Waals surface area contributed by atoms with Crippen LogP contribution in [0.3, 0.4) is 0 Å². The standard InChI is InChI=1S/C12H23N3OS/c1-4-6-15-12(11(16-3)8-14-15)10(13)9-17-7-5-2/h8,10H,4-7,9,13H2,1-3H3. The summed E-state index contributed by atoms with van der Waals surface area (Å²) >= 11 is 1.88. The zero-order valence-electron chi connectivity index (χ0n) is 11.0. The van der Waals surface area contributed by atoms with Crippen molar-refractivity contribution in [1.82, 2.24) is 9.78 Å². The van der Waals surface area contributed by atoms with Gasteiger partial charge in [0.15, 0.2) is 5.75 Å². The number of ether oxygens (including phenoxy) is 1. The van der Waals surface area contributed by atoms with Crippen molar-refractivity contribution in [1.29, 1.82) is 0 Å². The molecule has 0 aliphatic carbocycles. The summed E-state index contributed by atoms with van der Waals surface area (Å²) in [5.74, 6) is 2.88. The molecule has 0 amide bonds. The van der Waals surface area contributed by atoms with Crippen molar-refractivity contribution >= 4 is 11.8 Å². The van der Waals surface area contributed by atoms with Crippen LogP contribution in [-0.4, -0.2) is 28.4 Å². The largest absolute Gasteiger partial charge is 0.493 e. The molecule has 0 saturated heterocycles. The van der Waals surface area contributed by atoms with Crippen molar-refractivity contribution in [3.05, 3.63) is 11.9 Å². The molecule has 1 aromatic heterocycles. The maximum atomic E-state index is 6.23. The molecule has 1 unspecified atom stereocenters. The van der Waals surface area contributed by atoms with Gasteiger partial charge in [0, 0.05) is 12.3 Å². The molecule has 1 atom stereocenters. The molecule has 2 N–H and O–H groups in total. The summed E-state index contributed by atoms with van der Waals surface area (Å²) in [6.07, 6.45) is 3.99. The van der Waals surface area contributed by atoms with Gasteiger partial charge in [-0.15, -0.1) is 0 Å². The Morgan fingerprint density at radius 1 is 1.47 bits per heavy atom. The predicted octanol–water partition coefficient (Wildman–Crippen LogP) is 2.44. The van der Waals surface area contributed by atoms with Gasteiger partial charge in [0.1, 0.15) is 0 Å². The average Bonchev–Trinajstić information content (AvgIpc) is 2.73. The van der Waals surface area contributed by atoms with E-state index in [9.17, 15) is 0 Å². The van der Waals surface area contributed by atoms with E-state index in [1.54, 1.807) is 13.3 Å². The minimum Gasteiger partial charge on any atom is -0.493 e. The molecule has 0 spiro atoms. The quantitative estimate of drug-likeness (QED) is 0.727. The van der Waals surface area contributed by atoms with Crippen molar-refractivity contribution < 1.29 is 4.74 Å². The summed E-state index contributed by atoms with van der Waals surface area (Å²) in [6.45, 7) is 5.21. The number of hydrogen-bond donors (Lipinski definition) is 1. The number of hydrogen-bond acceptors (Lipinski definition) is 4. The van der Waals surface area contributed by atoms with Gasteiger partial charge in [-0.1, -0.05) is 13.8 Å². The minimum atomic E-state index is -0.00412. The minimum absolute atomic E-state index is 0.00412. The Morgan fingerprint density at radius 2 is 2.24 bits per heavy atom. The van der Waals surface area contributed by atoms with Crippen LogP contribution in [0, 0.1) is 0 Å². The summed E-state index contributed by atoms with van der Waals surface area (Å²) in [5, 5.41) is 4.33. The van der Waals surface area contributed by atoms with Gasteiger partial charge in [-0.2, -0.15) is 16.9 Å². The third-order valence-corrected chi connectivity index (χ3v) is 3.79. The molecule has 0 bridgehead atoms. The number of aromatic nitrogens is 2. The van der Waals surface area contributed by atoms with E-state index in [1.165, 1.54) is 6.42 Å². The molecule has 0 aromatic carbocycles. The van der Waals surface area contributed by atoms with Crippen LogP contribution in [0.25, 0.3) is 0 Å². The molecule has 1 rings (SSSR count). The summed E-state index contributed by atoms with van der Waals surface area (Å²) in [7, 11) is 1.67. The van der Waals surface area contributed by atoms with Crippen LogP contribution in [0.4, 0.5) is 0 Å². The van der Waals surface area contributed by atoms with E-state index in [0.717, 1.165) is 35.9 Å². The van der Waals surface area contributed by atoms with E-state index < -0.39 is 0 Å². The van der Waals surface area contributed by atoms with E-state index >= 15 is 0 Å². The van der Waals surface area contributed by atoms with Crippen molar-refractivity contribution in [2.24, 2.45) is 5.73 Å². The van der Waals surface area contributed by atoms with Crippen molar-refractivity contribution in [2.75, 3.05) is 18.6 Å². The fourth-order valence-electron chi connectivity index (χ4n) is 1.73. The lowest BCUT2D eigenvalue weighted by atomic mass is 10.2. The molecule has 0 saturated carbocycles. The second-order valence-corrected chi connectivity index (χ2v) is 5.15. The summed E-state index contributed by atoms with van der Waals surface area (Å²) in [5.41, 5.74) is 7.25. The Kier molecular flexibility index (Phi) is 6.44. The first-order chi connectivity index (χ1) is 8.24. The highest BCUT2D eigenvalue weighted by Gasteiger charge is 2.18. The Morgan fingerprint density at radius 3 is 2.82 bits per heavy atom. The fourth-order valence-corrected chi connectivity index (χ4v) is 2.60. The second-order valence-electron chi connectivity index (χ2n) is 4.00. The molecule has 0 fully saturated rings. The van der Waals surface area contributed by atoms with Gasteiger partial charge in [0.2, 0.25) is 0 Å². The molecular formula is C12H23N3OS. The number of nitrogens with two attached hydrogens (primary N) is 1. The van der Waals surface area contributed by atoms with E-state index in [1.807, 2.05) is 16.4 Å². The Balaban J connectivity index is 2.73. The number of thioether (sulfide) groups is 1. The van der Waals surface area contributed by atoms with E-state index in [0.29, 0.717) is 0 Å². The third-order valence-electron chi connectivity index (χ3n) is 2.50. The van der Waals surface area contributed by atoms with Gasteiger partial charge in [0.05, 0.1) is 25.0 Å². The molecule has 4 nitrogen and oxygen atoms in total. The first-order valence-corrected chi connectivity index (χ1v) is 7.33. The Hall–Kier alpha value is -0.680. The van der Waals surface area contributed by atoms with Gasteiger partial charge < -0.3 is 10.5 Å². The molecule has 0 aliphatic heterocycles. The van der Waals surface area contributed by atoms with Crippen LogP contribution in [0.5, 0.6) is 5.75 Å². The smallest absolute Gasteiger partial charge is 0.161 e. The number of methoxy groups -OCH3 is 1. The molecule has 0 aliphatic rings. The second kappa shape index (κ2) is 7.61. The normalized spacial score (nSPS) is 12.7. The van der Waals surface area contributed by atoms with Gasteiger partial charge in [-0.05, 0) is 18.6 Å². The van der Waals surface area contributed by atoms with Crippen molar-refractivity contribution in [3.63, 3.8) is 0 Å². The molecule has 5 heteroatoms. The van der Waals surface area contributed by atoms with Crippen LogP contribution >= 0.6 is 11.8 Å². The maximum Gasteiger partial charge on any atom is 0.161 e. The van der Waals surface area contributed by atoms with Crippen molar-refractivity contribution in [2.45, 2.75) is 39.3 Å². The lowest BCUT2D eigenvalue weighted by Crippen LogP contribution is -2.19. The maximum absolute atomic E-state index is 6.23. The van der Waals surface area contributed by atoms with Gasteiger partial charge >= 0.3 is 0 Å². The number of rotatable bonds is 8. The number of nitrogens with zero attached hydrogens (tertiary/aromatic N) is 2. The molecule has 98 valence electrons. The first-order valence-electron chi connectivity index (χ1n) is 6.17. The van der Waals surface area contributed by atoms with E-state index in [-0.39, 0.29) is 6.04 Å². The molecule has 1 heterocycles. The predicted molar refractivity (Wildman–Crippen MR) is 73.6 cm³/mol. The zero-order chi connectivity index (χ0) is 12.7. The highest BCUT2D eigenvalue weighted by atomic mass is 32.2. The SMILES string of the molecule is CCCSCC(N)c1c(OC)cnn1CCC. The van der Waals surface area contributed by atoms with Gasteiger partial charge in [-0.3, -0.25) is 4.68 Å². The Bertz CT molecular complexity index is 328. The van der Waals surface area contributed by atoms with E-state index in [4.69, 9.17) is 10.5 Å². The molecule has 17 heavy (non-hydrogen) atoms. The highest BCUT2D eigenvalue weighted by Crippen LogP contribution is 2.26. The average molecular weight is 257 g/mol. The summed E-state index contributed by atoms with van der Waals surface area (Å²) < 4.78 is 7.30. The van der Waals surface area contributed by atoms with Crippen LogP contribution < -0.4 is 10.5 Å². The van der Waals surface area contributed by atoms with Crippen LogP contribution in [0.2, 0.25) is 0 Å². The van der Waals surface area contributed by atoms with Gasteiger partial charge in [0.25, 0.3) is 0 Å². The molecule has 0 radical (unpaired) electrons. The van der Waals surface area contributed by atoms with Gasteiger partial charge in [-0.25, -0.2) is 0 Å².